The lowest BCUT2D eigenvalue weighted by molar-refractivity contribution is -0.922. The first-order chi connectivity index (χ1) is 13.0. The van der Waals surface area contributed by atoms with Gasteiger partial charge in [-0.15, -0.1) is 5.10 Å². The van der Waals surface area contributed by atoms with Crippen LogP contribution in [0.15, 0.2) is 24.3 Å². The van der Waals surface area contributed by atoms with E-state index in [1.807, 2.05) is 4.68 Å². The van der Waals surface area contributed by atoms with Crippen molar-refractivity contribution in [3.8, 4) is 0 Å². The van der Waals surface area contributed by atoms with Crippen molar-refractivity contribution in [1.82, 2.24) is 20.2 Å². The average molecular weight is 398 g/mol. The van der Waals surface area contributed by atoms with Gasteiger partial charge in [-0.25, -0.2) is 4.68 Å². The Kier molecular flexibility index (Phi) is 5.51. The maximum Gasteiger partial charge on any atom is 0.416 e. The molecule has 2 heterocycles. The normalized spacial score (nSPS) is 23.8. The highest BCUT2D eigenvalue weighted by atomic mass is 19.4. The second kappa shape index (κ2) is 7.44. The number of likely N-dealkylation sites (tertiary alicyclic amines) is 1. The smallest absolute Gasteiger partial charge is 0.385 e. The molecule has 2 aromatic rings. The standard InChI is InChI=1S/C19H26F3N5O/c1-4-17(2,3)27-16(23-24-25-27)13-26-10-8-18(28,9-11-26)14-6-5-7-15(12-14)19(20,21)22/h5-7,12,28H,4,8-11,13H2,1-3H3/p+1. The van der Waals surface area contributed by atoms with Crippen LogP contribution in [0.4, 0.5) is 13.2 Å². The van der Waals surface area contributed by atoms with Crippen molar-refractivity contribution in [2.75, 3.05) is 13.1 Å². The summed E-state index contributed by atoms with van der Waals surface area (Å²) in [5.74, 6) is 0.784. The Morgan fingerprint density at radius 1 is 1.21 bits per heavy atom. The van der Waals surface area contributed by atoms with Crippen molar-refractivity contribution in [3.63, 3.8) is 0 Å². The first-order valence-electron chi connectivity index (χ1n) is 9.56. The molecule has 0 bridgehead atoms. The Hall–Kier alpha value is -2.00. The number of nitrogens with zero attached hydrogens (tertiary/aromatic N) is 4. The Morgan fingerprint density at radius 3 is 2.50 bits per heavy atom. The minimum Gasteiger partial charge on any atom is -0.385 e. The van der Waals surface area contributed by atoms with E-state index in [9.17, 15) is 18.3 Å². The summed E-state index contributed by atoms with van der Waals surface area (Å²) in [5, 5.41) is 23.0. The molecule has 1 aromatic carbocycles. The zero-order valence-corrected chi connectivity index (χ0v) is 16.4. The van der Waals surface area contributed by atoms with Crippen molar-refractivity contribution in [3.05, 3.63) is 41.2 Å². The van der Waals surface area contributed by atoms with Crippen molar-refractivity contribution in [1.29, 1.82) is 0 Å². The summed E-state index contributed by atoms with van der Waals surface area (Å²) in [6.45, 7) is 8.11. The van der Waals surface area contributed by atoms with E-state index in [0.717, 1.165) is 24.4 Å². The molecule has 6 nitrogen and oxygen atoms in total. The van der Waals surface area contributed by atoms with Gasteiger partial charge in [-0.2, -0.15) is 13.2 Å². The molecule has 1 fully saturated rings. The van der Waals surface area contributed by atoms with E-state index in [1.54, 1.807) is 6.07 Å². The Morgan fingerprint density at radius 2 is 1.89 bits per heavy atom. The molecule has 1 aromatic heterocycles. The topological polar surface area (TPSA) is 68.3 Å². The van der Waals surface area contributed by atoms with Gasteiger partial charge < -0.3 is 10.0 Å². The van der Waals surface area contributed by atoms with Crippen LogP contribution in [-0.2, 0) is 23.9 Å². The maximum atomic E-state index is 13.0. The third kappa shape index (κ3) is 4.20. The Labute approximate surface area is 162 Å². The van der Waals surface area contributed by atoms with Gasteiger partial charge in [-0.3, -0.25) is 0 Å². The average Bonchev–Trinajstić information content (AvgIpc) is 3.12. The van der Waals surface area contributed by atoms with Crippen molar-refractivity contribution in [2.45, 2.75) is 63.9 Å². The number of hydrogen-bond donors (Lipinski definition) is 2. The van der Waals surface area contributed by atoms with Crippen LogP contribution in [0.3, 0.4) is 0 Å². The van der Waals surface area contributed by atoms with Gasteiger partial charge in [0.2, 0.25) is 5.82 Å². The number of nitrogens with one attached hydrogen (secondary N) is 1. The molecule has 0 radical (unpaired) electrons. The number of rotatable bonds is 5. The molecule has 1 aliphatic heterocycles. The molecule has 9 heteroatoms. The van der Waals surface area contributed by atoms with Gasteiger partial charge in [0.25, 0.3) is 0 Å². The molecule has 0 spiro atoms. The van der Waals surface area contributed by atoms with E-state index < -0.39 is 17.3 Å². The van der Waals surface area contributed by atoms with E-state index in [4.69, 9.17) is 0 Å². The SMILES string of the molecule is CCC(C)(C)n1nnnc1C[NH+]1CCC(O)(c2cccc(C(F)(F)F)c2)CC1. The first kappa shape index (κ1) is 20.7. The highest BCUT2D eigenvalue weighted by Crippen LogP contribution is 2.35. The van der Waals surface area contributed by atoms with Gasteiger partial charge in [-0.1, -0.05) is 19.1 Å². The fourth-order valence-corrected chi connectivity index (χ4v) is 3.63. The predicted molar refractivity (Wildman–Crippen MR) is 96.4 cm³/mol. The summed E-state index contributed by atoms with van der Waals surface area (Å²) < 4.78 is 40.8. The van der Waals surface area contributed by atoms with Crippen LogP contribution in [0.5, 0.6) is 0 Å². The highest BCUT2D eigenvalue weighted by molar-refractivity contribution is 5.30. The lowest BCUT2D eigenvalue weighted by Gasteiger charge is -2.36. The quantitative estimate of drug-likeness (QED) is 0.807. The van der Waals surface area contributed by atoms with Gasteiger partial charge >= 0.3 is 6.18 Å². The summed E-state index contributed by atoms with van der Waals surface area (Å²) in [7, 11) is 0. The second-order valence-electron chi connectivity index (χ2n) is 8.21. The van der Waals surface area contributed by atoms with Gasteiger partial charge in [-0.05, 0) is 48.4 Å². The van der Waals surface area contributed by atoms with Gasteiger partial charge in [0.15, 0.2) is 0 Å². The molecular formula is C19H27F3N5O+. The lowest BCUT2D eigenvalue weighted by atomic mass is 9.83. The number of aromatic nitrogens is 4. The van der Waals surface area contributed by atoms with Crippen LogP contribution in [0.25, 0.3) is 0 Å². The molecule has 0 atom stereocenters. The number of tetrazole rings is 1. The monoisotopic (exact) mass is 398 g/mol. The van der Waals surface area contributed by atoms with Gasteiger partial charge in [0, 0.05) is 12.8 Å². The van der Waals surface area contributed by atoms with Crippen LogP contribution >= 0.6 is 0 Å². The highest BCUT2D eigenvalue weighted by Gasteiger charge is 2.39. The van der Waals surface area contributed by atoms with Crippen molar-refractivity contribution in [2.24, 2.45) is 0 Å². The fourth-order valence-electron chi connectivity index (χ4n) is 3.63. The molecule has 1 saturated heterocycles. The fraction of sp³-hybridized carbons (Fsp3) is 0.632. The largest absolute Gasteiger partial charge is 0.416 e. The number of halogens is 3. The van der Waals surface area contributed by atoms with Crippen molar-refractivity contribution >= 4 is 0 Å². The molecule has 2 N–H and O–H groups in total. The number of hydrogen-bond acceptors (Lipinski definition) is 4. The van der Waals surface area contributed by atoms with E-state index in [1.165, 1.54) is 11.0 Å². The zero-order valence-electron chi connectivity index (χ0n) is 16.4. The van der Waals surface area contributed by atoms with Crippen LogP contribution in [0.2, 0.25) is 0 Å². The van der Waals surface area contributed by atoms with E-state index >= 15 is 0 Å². The number of quaternary nitrogens is 1. The molecular weight excluding hydrogens is 371 g/mol. The molecule has 0 unspecified atom stereocenters. The summed E-state index contributed by atoms with van der Waals surface area (Å²) >= 11 is 0. The Balaban J connectivity index is 1.69. The number of aliphatic hydroxyl groups is 1. The molecule has 0 amide bonds. The molecule has 0 aliphatic carbocycles. The van der Waals surface area contributed by atoms with E-state index in [0.29, 0.717) is 38.0 Å². The minimum atomic E-state index is -4.42. The number of alkyl halides is 3. The van der Waals surface area contributed by atoms with Gasteiger partial charge in [0.1, 0.15) is 12.1 Å². The third-order valence-electron chi connectivity index (χ3n) is 5.89. The summed E-state index contributed by atoms with van der Waals surface area (Å²) in [6.07, 6.45) is -2.75. The van der Waals surface area contributed by atoms with Crippen molar-refractivity contribution < 1.29 is 23.2 Å². The maximum absolute atomic E-state index is 13.0. The third-order valence-corrected chi connectivity index (χ3v) is 5.89. The van der Waals surface area contributed by atoms with E-state index in [2.05, 4.69) is 36.3 Å². The molecule has 1 aliphatic rings. The summed E-state index contributed by atoms with van der Waals surface area (Å²) in [6, 6.07) is 5.03. The van der Waals surface area contributed by atoms with Crippen LogP contribution in [0.1, 0.15) is 57.0 Å². The molecule has 28 heavy (non-hydrogen) atoms. The van der Waals surface area contributed by atoms with Crippen LogP contribution in [-0.4, -0.2) is 38.4 Å². The van der Waals surface area contributed by atoms with Gasteiger partial charge in [0.05, 0.1) is 24.2 Å². The predicted octanol–water partition coefficient (Wildman–Crippen LogP) is 1.90. The van der Waals surface area contributed by atoms with E-state index in [-0.39, 0.29) is 5.54 Å². The Bertz CT molecular complexity index is 810. The first-order valence-corrected chi connectivity index (χ1v) is 9.56. The van der Waals surface area contributed by atoms with Crippen LogP contribution in [0, 0.1) is 0 Å². The zero-order chi connectivity index (χ0) is 20.6. The molecule has 154 valence electrons. The minimum absolute atomic E-state index is 0.188. The molecule has 3 rings (SSSR count). The molecule has 0 saturated carbocycles. The number of piperidine rings is 1. The summed E-state index contributed by atoms with van der Waals surface area (Å²) in [5.41, 5.74) is -1.82. The number of benzene rings is 1. The second-order valence-corrected chi connectivity index (χ2v) is 8.21. The van der Waals surface area contributed by atoms with Crippen LogP contribution < -0.4 is 4.90 Å². The lowest BCUT2D eigenvalue weighted by Crippen LogP contribution is -3.12. The summed E-state index contributed by atoms with van der Waals surface area (Å²) in [4.78, 5) is 1.21.